The predicted octanol–water partition coefficient (Wildman–Crippen LogP) is 3.66. The van der Waals surface area contributed by atoms with E-state index >= 15 is 0 Å². The lowest BCUT2D eigenvalue weighted by molar-refractivity contribution is -0.124. The van der Waals surface area contributed by atoms with Crippen LogP contribution >= 0.6 is 0 Å². The van der Waals surface area contributed by atoms with Crippen molar-refractivity contribution in [3.8, 4) is 0 Å². The van der Waals surface area contributed by atoms with Gasteiger partial charge >= 0.3 is 0 Å². The van der Waals surface area contributed by atoms with Crippen molar-refractivity contribution in [2.24, 2.45) is 5.92 Å². The average molecular weight is 244 g/mol. The average Bonchev–Trinajstić information content (AvgIpc) is 2.36. The zero-order valence-electron chi connectivity index (χ0n) is 11.3. The Bertz CT molecular complexity index is 441. The highest BCUT2D eigenvalue weighted by molar-refractivity contribution is 6.00. The number of rotatable bonds is 6. The van der Waals surface area contributed by atoms with Gasteiger partial charge in [-0.1, -0.05) is 44.2 Å². The molecule has 0 aliphatic carbocycles. The van der Waals surface area contributed by atoms with E-state index in [1.54, 1.807) is 6.92 Å². The van der Waals surface area contributed by atoms with Crippen LogP contribution in [0.5, 0.6) is 0 Å². The van der Waals surface area contributed by atoms with Gasteiger partial charge in [0.15, 0.2) is 5.78 Å². The topological polar surface area (TPSA) is 34.1 Å². The quantitative estimate of drug-likeness (QED) is 0.715. The van der Waals surface area contributed by atoms with Gasteiger partial charge in [0.25, 0.3) is 0 Å². The van der Waals surface area contributed by atoms with Crippen molar-refractivity contribution in [2.45, 2.75) is 33.6 Å². The maximum absolute atomic E-state index is 11.9. The van der Waals surface area contributed by atoms with Gasteiger partial charge in [-0.3, -0.25) is 9.59 Å². The summed E-state index contributed by atoms with van der Waals surface area (Å²) in [6.45, 7) is 5.52. The minimum absolute atomic E-state index is 0.0104. The van der Waals surface area contributed by atoms with Crippen LogP contribution in [0, 0.1) is 5.92 Å². The fraction of sp³-hybridized carbons (Fsp3) is 0.375. The van der Waals surface area contributed by atoms with E-state index in [9.17, 15) is 9.59 Å². The number of hydrogen-bond donors (Lipinski definition) is 0. The molecule has 0 spiro atoms. The Balaban J connectivity index is 2.57. The molecule has 0 bridgehead atoms. The van der Waals surface area contributed by atoms with Gasteiger partial charge in [-0.25, -0.2) is 0 Å². The van der Waals surface area contributed by atoms with Crippen molar-refractivity contribution in [1.29, 1.82) is 0 Å². The number of allylic oxidation sites excluding steroid dienone is 1. The first-order valence-corrected chi connectivity index (χ1v) is 6.30. The van der Waals surface area contributed by atoms with Crippen LogP contribution in [0.2, 0.25) is 0 Å². The van der Waals surface area contributed by atoms with Crippen molar-refractivity contribution in [2.75, 3.05) is 0 Å². The molecule has 0 saturated carbocycles. The van der Waals surface area contributed by atoms with E-state index in [0.717, 1.165) is 5.56 Å². The Morgan fingerprint density at radius 1 is 1.11 bits per heavy atom. The molecule has 1 aromatic rings. The van der Waals surface area contributed by atoms with Crippen molar-refractivity contribution in [3.63, 3.8) is 0 Å². The zero-order chi connectivity index (χ0) is 13.5. The second kappa shape index (κ2) is 6.90. The summed E-state index contributed by atoms with van der Waals surface area (Å²) in [6, 6.07) is 9.72. The number of Topliss-reactive ketones (excluding diaryl/α,β-unsaturated/α-hetero) is 2. The lowest BCUT2D eigenvalue weighted by Crippen LogP contribution is -2.10. The first-order chi connectivity index (χ1) is 8.50. The van der Waals surface area contributed by atoms with Gasteiger partial charge in [-0.05, 0) is 24.1 Å². The highest BCUT2D eigenvalue weighted by atomic mass is 16.1. The molecule has 0 unspecified atom stereocenters. The third-order valence-electron chi connectivity index (χ3n) is 2.86. The summed E-state index contributed by atoms with van der Waals surface area (Å²) in [5.41, 5.74) is 1.72. The molecule has 18 heavy (non-hydrogen) atoms. The number of benzene rings is 1. The van der Waals surface area contributed by atoms with Crippen LogP contribution in [0.1, 0.15) is 39.2 Å². The lowest BCUT2D eigenvalue weighted by atomic mass is 10.00. The monoisotopic (exact) mass is 244 g/mol. The molecule has 2 heteroatoms. The largest absolute Gasteiger partial charge is 0.299 e. The summed E-state index contributed by atoms with van der Waals surface area (Å²) in [4.78, 5) is 23.3. The van der Waals surface area contributed by atoms with Crippen LogP contribution in [-0.2, 0) is 9.59 Å². The lowest BCUT2D eigenvalue weighted by Gasteiger charge is -2.04. The Labute approximate surface area is 109 Å². The molecule has 0 saturated heterocycles. The van der Waals surface area contributed by atoms with Gasteiger partial charge in [-0.2, -0.15) is 0 Å². The number of ketones is 2. The fourth-order valence-electron chi connectivity index (χ4n) is 1.60. The molecule has 0 atom stereocenters. The van der Waals surface area contributed by atoms with E-state index in [-0.39, 0.29) is 17.5 Å². The normalized spacial score (nSPS) is 11.7. The molecule has 0 aliphatic rings. The third-order valence-corrected chi connectivity index (χ3v) is 2.86. The minimum atomic E-state index is 0.0104. The van der Waals surface area contributed by atoms with Crippen molar-refractivity contribution in [1.82, 2.24) is 0 Å². The van der Waals surface area contributed by atoms with Crippen molar-refractivity contribution >= 4 is 17.6 Å². The van der Waals surface area contributed by atoms with E-state index in [2.05, 4.69) is 0 Å². The molecule has 0 aliphatic heterocycles. The van der Waals surface area contributed by atoms with E-state index in [1.165, 1.54) is 0 Å². The van der Waals surface area contributed by atoms with Crippen LogP contribution in [0.3, 0.4) is 0 Å². The highest BCUT2D eigenvalue weighted by Gasteiger charge is 2.11. The Morgan fingerprint density at radius 2 is 1.72 bits per heavy atom. The van der Waals surface area contributed by atoms with Gasteiger partial charge in [0.05, 0.1) is 0 Å². The second-order valence-electron chi connectivity index (χ2n) is 4.78. The van der Waals surface area contributed by atoms with Gasteiger partial charge in [0.1, 0.15) is 5.78 Å². The molecule has 2 nitrogen and oxygen atoms in total. The zero-order valence-corrected chi connectivity index (χ0v) is 11.3. The van der Waals surface area contributed by atoms with Gasteiger partial charge in [0.2, 0.25) is 0 Å². The summed E-state index contributed by atoms with van der Waals surface area (Å²) in [7, 11) is 0. The SMILES string of the molecule is C/C(=C\c1ccccc1)C(=O)CCC(=O)C(C)C. The summed E-state index contributed by atoms with van der Waals surface area (Å²) in [5, 5.41) is 0. The fourth-order valence-corrected chi connectivity index (χ4v) is 1.60. The third kappa shape index (κ3) is 4.66. The molecule has 0 radical (unpaired) electrons. The maximum atomic E-state index is 11.9. The van der Waals surface area contributed by atoms with Gasteiger partial charge in [0, 0.05) is 18.8 Å². The molecular formula is C16H20O2. The maximum Gasteiger partial charge on any atom is 0.159 e. The van der Waals surface area contributed by atoms with Crippen molar-refractivity contribution < 1.29 is 9.59 Å². The molecule has 0 heterocycles. The van der Waals surface area contributed by atoms with Crippen LogP contribution in [0.4, 0.5) is 0 Å². The highest BCUT2D eigenvalue weighted by Crippen LogP contribution is 2.11. The predicted molar refractivity (Wildman–Crippen MR) is 74.2 cm³/mol. The molecule has 0 fully saturated rings. The molecule has 96 valence electrons. The molecule has 0 N–H and O–H groups in total. The van der Waals surface area contributed by atoms with Gasteiger partial charge in [-0.15, -0.1) is 0 Å². The van der Waals surface area contributed by atoms with E-state index < -0.39 is 0 Å². The van der Waals surface area contributed by atoms with E-state index in [4.69, 9.17) is 0 Å². The minimum Gasteiger partial charge on any atom is -0.299 e. The first-order valence-electron chi connectivity index (χ1n) is 6.30. The molecule has 0 amide bonds. The van der Waals surface area contributed by atoms with Crippen LogP contribution in [-0.4, -0.2) is 11.6 Å². The molecule has 1 aromatic carbocycles. The Kier molecular flexibility index (Phi) is 5.50. The summed E-state index contributed by atoms with van der Waals surface area (Å²) < 4.78 is 0. The second-order valence-corrected chi connectivity index (χ2v) is 4.78. The van der Waals surface area contributed by atoms with Crippen LogP contribution < -0.4 is 0 Å². The van der Waals surface area contributed by atoms with E-state index in [1.807, 2.05) is 50.3 Å². The number of carbonyl (C=O) groups excluding carboxylic acids is 2. The standard InChI is InChI=1S/C16H20O2/c1-12(2)15(17)9-10-16(18)13(3)11-14-7-5-4-6-8-14/h4-8,11-12H,9-10H2,1-3H3/b13-11+. The summed E-state index contributed by atoms with van der Waals surface area (Å²) >= 11 is 0. The van der Waals surface area contributed by atoms with Crippen LogP contribution in [0.25, 0.3) is 6.08 Å². The Morgan fingerprint density at radius 3 is 2.28 bits per heavy atom. The molecule has 0 aromatic heterocycles. The van der Waals surface area contributed by atoms with Gasteiger partial charge < -0.3 is 0 Å². The Hall–Kier alpha value is -1.70. The van der Waals surface area contributed by atoms with Crippen LogP contribution in [0.15, 0.2) is 35.9 Å². The molecule has 1 rings (SSSR count). The summed E-state index contributed by atoms with van der Waals surface area (Å²) in [5.74, 6) is 0.208. The smallest absolute Gasteiger partial charge is 0.159 e. The van der Waals surface area contributed by atoms with Crippen molar-refractivity contribution in [3.05, 3.63) is 41.5 Å². The number of hydrogen-bond acceptors (Lipinski definition) is 2. The van der Waals surface area contributed by atoms with E-state index in [0.29, 0.717) is 18.4 Å². The summed E-state index contributed by atoms with van der Waals surface area (Å²) in [6.07, 6.45) is 2.52. The first kappa shape index (κ1) is 14.4. The number of carbonyl (C=O) groups is 2. The molecular weight excluding hydrogens is 224 g/mol.